The molecule has 1 nitrogen and oxygen atoms in total. The van der Waals surface area contributed by atoms with Crippen LogP contribution in [-0.2, 0) is 13.0 Å². The Morgan fingerprint density at radius 3 is 1.71 bits per heavy atom. The van der Waals surface area contributed by atoms with Crippen LogP contribution in [0.25, 0.3) is 0 Å². The molecule has 1 aromatic rings. The Kier molecular flexibility index (Phi) is 5.70. The topological polar surface area (TPSA) is 12.0 Å². The summed E-state index contributed by atoms with van der Waals surface area (Å²) in [5, 5.41) is 3.74. The Balaban J connectivity index is 2.59. The minimum absolute atomic E-state index is 0.323. The van der Waals surface area contributed by atoms with E-state index in [-0.39, 0.29) is 0 Å². The van der Waals surface area contributed by atoms with Gasteiger partial charge < -0.3 is 5.32 Å². The molecule has 0 unspecified atom stereocenters. The first-order chi connectivity index (χ1) is 8.19. The fourth-order valence-corrected chi connectivity index (χ4v) is 2.31. The highest BCUT2D eigenvalue weighted by molar-refractivity contribution is 5.22. The molecule has 96 valence electrons. The lowest BCUT2D eigenvalue weighted by molar-refractivity contribution is 0.288. The van der Waals surface area contributed by atoms with Crippen LogP contribution >= 0.6 is 0 Å². The van der Waals surface area contributed by atoms with Crippen LogP contribution in [0, 0.1) is 0 Å². The maximum absolute atomic E-state index is 3.74. The molecule has 1 aromatic carbocycles. The summed E-state index contributed by atoms with van der Waals surface area (Å²) in [6.45, 7) is 10.0. The Morgan fingerprint density at radius 1 is 0.824 bits per heavy atom. The maximum Gasteiger partial charge on any atom is 0.0210 e. The van der Waals surface area contributed by atoms with E-state index in [1.807, 2.05) is 0 Å². The molecule has 0 fully saturated rings. The summed E-state index contributed by atoms with van der Waals surface area (Å²) in [4.78, 5) is 0. The summed E-state index contributed by atoms with van der Waals surface area (Å²) < 4.78 is 0. The highest BCUT2D eigenvalue weighted by Crippen LogP contribution is 2.20. The summed E-state index contributed by atoms with van der Waals surface area (Å²) in [5.41, 5.74) is 3.13. The number of hydrogen-bond donors (Lipinski definition) is 1. The van der Waals surface area contributed by atoms with Gasteiger partial charge in [0.1, 0.15) is 0 Å². The molecule has 0 saturated heterocycles. The van der Waals surface area contributed by atoms with Crippen LogP contribution < -0.4 is 5.32 Å². The monoisotopic (exact) mass is 233 g/mol. The summed E-state index contributed by atoms with van der Waals surface area (Å²) in [5.74, 6) is 0. The lowest BCUT2D eigenvalue weighted by Crippen LogP contribution is -2.43. The lowest BCUT2D eigenvalue weighted by atomic mass is 9.89. The van der Waals surface area contributed by atoms with Gasteiger partial charge in [-0.3, -0.25) is 0 Å². The van der Waals surface area contributed by atoms with Crippen molar-refractivity contribution < 1.29 is 0 Å². The standard InChI is InChI=1S/C16H27N/c1-5-14-9-11-15(12-10-14)13-17-16(6-2,7-3)8-4/h9-12,17H,5-8,13H2,1-4H3. The van der Waals surface area contributed by atoms with Crippen molar-refractivity contribution >= 4 is 0 Å². The van der Waals surface area contributed by atoms with Crippen LogP contribution in [0.4, 0.5) is 0 Å². The number of rotatable bonds is 7. The smallest absolute Gasteiger partial charge is 0.0210 e. The predicted octanol–water partition coefficient (Wildman–Crippen LogP) is 4.31. The van der Waals surface area contributed by atoms with E-state index >= 15 is 0 Å². The largest absolute Gasteiger partial charge is 0.307 e. The zero-order valence-corrected chi connectivity index (χ0v) is 11.8. The quantitative estimate of drug-likeness (QED) is 0.740. The second-order valence-corrected chi connectivity index (χ2v) is 4.86. The van der Waals surface area contributed by atoms with Crippen molar-refractivity contribution in [3.63, 3.8) is 0 Å². The van der Waals surface area contributed by atoms with Crippen molar-refractivity contribution in [2.75, 3.05) is 0 Å². The highest BCUT2D eigenvalue weighted by atomic mass is 15.0. The van der Waals surface area contributed by atoms with E-state index < -0.39 is 0 Å². The average molecular weight is 233 g/mol. The maximum atomic E-state index is 3.74. The Labute approximate surface area is 107 Å². The Morgan fingerprint density at radius 2 is 1.29 bits per heavy atom. The fourth-order valence-electron chi connectivity index (χ4n) is 2.31. The van der Waals surface area contributed by atoms with E-state index in [1.54, 1.807) is 0 Å². The van der Waals surface area contributed by atoms with Crippen LogP contribution in [0.5, 0.6) is 0 Å². The molecule has 1 N–H and O–H groups in total. The van der Waals surface area contributed by atoms with Gasteiger partial charge in [-0.05, 0) is 36.8 Å². The molecule has 0 heterocycles. The average Bonchev–Trinajstić information content (AvgIpc) is 2.41. The van der Waals surface area contributed by atoms with Gasteiger partial charge in [0.15, 0.2) is 0 Å². The third-order valence-corrected chi connectivity index (χ3v) is 4.13. The molecule has 17 heavy (non-hydrogen) atoms. The highest BCUT2D eigenvalue weighted by Gasteiger charge is 2.22. The Hall–Kier alpha value is -0.820. The summed E-state index contributed by atoms with van der Waals surface area (Å²) in [7, 11) is 0. The number of hydrogen-bond acceptors (Lipinski definition) is 1. The van der Waals surface area contributed by atoms with Crippen LogP contribution in [0.1, 0.15) is 58.1 Å². The molecule has 0 aliphatic heterocycles. The first-order valence-corrected chi connectivity index (χ1v) is 7.02. The normalized spacial score (nSPS) is 11.8. The summed E-state index contributed by atoms with van der Waals surface area (Å²) in [6, 6.07) is 8.97. The lowest BCUT2D eigenvalue weighted by Gasteiger charge is -2.32. The van der Waals surface area contributed by atoms with Crippen molar-refractivity contribution in [3.8, 4) is 0 Å². The first kappa shape index (κ1) is 14.2. The molecule has 1 heteroatoms. The summed E-state index contributed by atoms with van der Waals surface area (Å²) in [6.07, 6.45) is 4.73. The molecule has 1 rings (SSSR count). The number of aryl methyl sites for hydroxylation is 1. The van der Waals surface area contributed by atoms with Crippen molar-refractivity contribution in [2.45, 2.75) is 65.5 Å². The summed E-state index contributed by atoms with van der Waals surface area (Å²) >= 11 is 0. The molecule has 0 aliphatic carbocycles. The van der Waals surface area contributed by atoms with Crippen LogP contribution in [-0.4, -0.2) is 5.54 Å². The van der Waals surface area contributed by atoms with Crippen LogP contribution in [0.15, 0.2) is 24.3 Å². The molecule has 0 radical (unpaired) electrons. The van der Waals surface area contributed by atoms with Crippen molar-refractivity contribution in [1.82, 2.24) is 5.32 Å². The van der Waals surface area contributed by atoms with Gasteiger partial charge in [0, 0.05) is 12.1 Å². The minimum atomic E-state index is 0.323. The van der Waals surface area contributed by atoms with E-state index in [0.29, 0.717) is 5.54 Å². The zero-order chi connectivity index (χ0) is 12.7. The van der Waals surface area contributed by atoms with Gasteiger partial charge in [-0.1, -0.05) is 52.0 Å². The second kappa shape index (κ2) is 6.80. The fraction of sp³-hybridized carbons (Fsp3) is 0.625. The van der Waals surface area contributed by atoms with E-state index in [2.05, 4.69) is 57.3 Å². The molecule has 0 aliphatic rings. The van der Waals surface area contributed by atoms with Gasteiger partial charge in [0.2, 0.25) is 0 Å². The van der Waals surface area contributed by atoms with Gasteiger partial charge in [0.05, 0.1) is 0 Å². The van der Waals surface area contributed by atoms with Crippen LogP contribution in [0.2, 0.25) is 0 Å². The van der Waals surface area contributed by atoms with Crippen molar-refractivity contribution in [3.05, 3.63) is 35.4 Å². The van der Waals surface area contributed by atoms with Crippen molar-refractivity contribution in [1.29, 1.82) is 0 Å². The van der Waals surface area contributed by atoms with Gasteiger partial charge in [-0.2, -0.15) is 0 Å². The number of benzene rings is 1. The van der Waals surface area contributed by atoms with Crippen molar-refractivity contribution in [2.24, 2.45) is 0 Å². The van der Waals surface area contributed by atoms with E-state index in [1.165, 1.54) is 30.4 Å². The Bertz CT molecular complexity index is 301. The predicted molar refractivity (Wildman–Crippen MR) is 76.3 cm³/mol. The first-order valence-electron chi connectivity index (χ1n) is 7.02. The zero-order valence-electron chi connectivity index (χ0n) is 11.8. The molecule has 0 spiro atoms. The molecule has 0 amide bonds. The van der Waals surface area contributed by atoms with Gasteiger partial charge in [-0.15, -0.1) is 0 Å². The minimum Gasteiger partial charge on any atom is -0.307 e. The molecule has 0 atom stereocenters. The SMILES string of the molecule is CCc1ccc(CNC(CC)(CC)CC)cc1. The van der Waals surface area contributed by atoms with E-state index in [9.17, 15) is 0 Å². The third kappa shape index (κ3) is 3.85. The third-order valence-electron chi connectivity index (χ3n) is 4.13. The molecule has 0 bridgehead atoms. The molecule has 0 aromatic heterocycles. The van der Waals surface area contributed by atoms with E-state index in [0.717, 1.165) is 13.0 Å². The second-order valence-electron chi connectivity index (χ2n) is 4.86. The number of nitrogens with one attached hydrogen (secondary N) is 1. The van der Waals surface area contributed by atoms with Gasteiger partial charge in [-0.25, -0.2) is 0 Å². The van der Waals surface area contributed by atoms with Gasteiger partial charge >= 0.3 is 0 Å². The van der Waals surface area contributed by atoms with Crippen LogP contribution in [0.3, 0.4) is 0 Å². The molecular weight excluding hydrogens is 206 g/mol. The van der Waals surface area contributed by atoms with Gasteiger partial charge in [0.25, 0.3) is 0 Å². The molecular formula is C16H27N. The van der Waals surface area contributed by atoms with E-state index in [4.69, 9.17) is 0 Å². The molecule has 0 saturated carbocycles.